The van der Waals surface area contributed by atoms with Crippen molar-refractivity contribution >= 4 is 10.0 Å². The van der Waals surface area contributed by atoms with Crippen LogP contribution < -0.4 is 10.0 Å². The normalized spacial score (nSPS) is 21.5. The summed E-state index contributed by atoms with van der Waals surface area (Å²) in [5.74, 6) is 0. The molecule has 0 spiro atoms. The smallest absolute Gasteiger partial charge is 0.258 e. The Morgan fingerprint density at radius 3 is 2.37 bits per heavy atom. The zero-order chi connectivity index (χ0) is 14.5. The van der Waals surface area contributed by atoms with Gasteiger partial charge in [-0.05, 0) is 17.9 Å². The molecule has 1 aromatic heterocycles. The third kappa shape index (κ3) is 2.19. The van der Waals surface area contributed by atoms with Crippen LogP contribution in [0.5, 0.6) is 0 Å². The summed E-state index contributed by atoms with van der Waals surface area (Å²) in [5.41, 5.74) is 0.568. The summed E-state index contributed by atoms with van der Waals surface area (Å²) in [6, 6.07) is -0.0595. The second-order valence-corrected chi connectivity index (χ2v) is 7.90. The maximum absolute atomic E-state index is 12.4. The first-order valence-corrected chi connectivity index (χ1v) is 7.82. The number of H-pyrrole nitrogens is 1. The van der Waals surface area contributed by atoms with Gasteiger partial charge < -0.3 is 5.32 Å². The predicted octanol–water partition coefficient (Wildman–Crippen LogP) is 0.842. The number of nitrogens with one attached hydrogen (secondary N) is 3. The van der Waals surface area contributed by atoms with Gasteiger partial charge in [0.2, 0.25) is 0 Å². The van der Waals surface area contributed by atoms with Gasteiger partial charge in [-0.1, -0.05) is 27.7 Å². The summed E-state index contributed by atoms with van der Waals surface area (Å²) in [6.07, 6.45) is 1.54. The highest BCUT2D eigenvalue weighted by Gasteiger charge is 2.66. The molecule has 0 amide bonds. The van der Waals surface area contributed by atoms with Crippen LogP contribution in [0.25, 0.3) is 0 Å². The van der Waals surface area contributed by atoms with Crippen molar-refractivity contribution in [1.29, 1.82) is 0 Å². The van der Waals surface area contributed by atoms with E-state index in [2.05, 4.69) is 47.9 Å². The van der Waals surface area contributed by atoms with E-state index in [0.29, 0.717) is 12.1 Å². The van der Waals surface area contributed by atoms with Crippen molar-refractivity contribution < 1.29 is 8.42 Å². The lowest BCUT2D eigenvalue weighted by Gasteiger charge is -2.08. The monoisotopic (exact) mass is 286 g/mol. The molecule has 0 radical (unpaired) electrons. The third-order valence-corrected chi connectivity index (χ3v) is 6.04. The van der Waals surface area contributed by atoms with Crippen LogP contribution in [0.4, 0.5) is 0 Å². The Morgan fingerprint density at radius 2 is 1.89 bits per heavy atom. The molecule has 0 atom stereocenters. The molecule has 1 aromatic rings. The first-order chi connectivity index (χ1) is 8.64. The van der Waals surface area contributed by atoms with Crippen LogP contribution in [0.15, 0.2) is 11.2 Å². The van der Waals surface area contributed by atoms with Crippen LogP contribution in [0.3, 0.4) is 0 Å². The Hall–Kier alpha value is -0.920. The summed E-state index contributed by atoms with van der Waals surface area (Å²) in [6.45, 7) is 8.75. The van der Waals surface area contributed by atoms with Crippen LogP contribution in [-0.4, -0.2) is 31.7 Å². The van der Waals surface area contributed by atoms with Gasteiger partial charge in [0.1, 0.15) is 0 Å². The maximum atomic E-state index is 12.4. The average molecular weight is 286 g/mol. The number of hydrogen-bond donors (Lipinski definition) is 3. The molecule has 108 valence electrons. The number of aromatic amines is 1. The van der Waals surface area contributed by atoms with E-state index >= 15 is 0 Å². The minimum atomic E-state index is -3.56. The van der Waals surface area contributed by atoms with Gasteiger partial charge in [0, 0.05) is 18.2 Å². The number of rotatable bonds is 5. The van der Waals surface area contributed by atoms with E-state index in [9.17, 15) is 8.42 Å². The third-order valence-electron chi connectivity index (χ3n) is 4.61. The van der Waals surface area contributed by atoms with Crippen LogP contribution in [-0.2, 0) is 16.6 Å². The van der Waals surface area contributed by atoms with E-state index in [-0.39, 0.29) is 21.9 Å². The number of sulfonamides is 1. The van der Waals surface area contributed by atoms with Crippen molar-refractivity contribution in [3.8, 4) is 0 Å². The lowest BCUT2D eigenvalue weighted by molar-refractivity contribution is 0.457. The fourth-order valence-corrected chi connectivity index (χ4v) is 4.21. The summed E-state index contributed by atoms with van der Waals surface area (Å²) in [4.78, 5) is 0. The zero-order valence-electron chi connectivity index (χ0n) is 12.0. The van der Waals surface area contributed by atoms with Crippen molar-refractivity contribution in [1.82, 2.24) is 20.2 Å². The molecular weight excluding hydrogens is 264 g/mol. The topological polar surface area (TPSA) is 86.9 Å². The summed E-state index contributed by atoms with van der Waals surface area (Å²) in [5, 5.41) is 9.49. The molecule has 19 heavy (non-hydrogen) atoms. The second kappa shape index (κ2) is 4.29. The van der Waals surface area contributed by atoms with Crippen LogP contribution >= 0.6 is 0 Å². The highest BCUT2D eigenvalue weighted by atomic mass is 32.2. The van der Waals surface area contributed by atoms with E-state index in [1.807, 2.05) is 0 Å². The molecular formula is C12H22N4O2S. The molecule has 1 heterocycles. The Morgan fingerprint density at radius 1 is 1.32 bits per heavy atom. The molecule has 0 saturated heterocycles. The fraction of sp³-hybridized carbons (Fsp3) is 0.750. The molecule has 0 aromatic carbocycles. The Bertz CT molecular complexity index is 560. The van der Waals surface area contributed by atoms with Crippen LogP contribution in [0, 0.1) is 10.8 Å². The Kier molecular flexibility index (Phi) is 3.27. The van der Waals surface area contributed by atoms with E-state index in [0.717, 1.165) is 0 Å². The van der Waals surface area contributed by atoms with Gasteiger partial charge in [-0.15, -0.1) is 0 Å². The van der Waals surface area contributed by atoms with Crippen molar-refractivity contribution in [3.05, 3.63) is 11.8 Å². The number of aromatic nitrogens is 2. The quantitative estimate of drug-likeness (QED) is 0.748. The molecule has 7 heteroatoms. The maximum Gasteiger partial charge on any atom is 0.258 e. The molecule has 1 aliphatic rings. The first kappa shape index (κ1) is 14.5. The van der Waals surface area contributed by atoms with E-state index < -0.39 is 10.0 Å². The minimum absolute atomic E-state index is 0.0384. The van der Waals surface area contributed by atoms with Gasteiger partial charge in [0.25, 0.3) is 10.0 Å². The number of nitrogens with zero attached hydrogens (tertiary/aromatic N) is 1. The van der Waals surface area contributed by atoms with Crippen LogP contribution in [0.2, 0.25) is 0 Å². The Balaban J connectivity index is 2.23. The second-order valence-electron chi connectivity index (χ2n) is 6.25. The molecule has 2 rings (SSSR count). The largest absolute Gasteiger partial charge is 0.316 e. The first-order valence-electron chi connectivity index (χ1n) is 6.34. The van der Waals surface area contributed by atoms with Gasteiger partial charge in [-0.25, -0.2) is 13.1 Å². The van der Waals surface area contributed by atoms with E-state index in [4.69, 9.17) is 0 Å². The molecule has 1 fully saturated rings. The van der Waals surface area contributed by atoms with Gasteiger partial charge >= 0.3 is 0 Å². The van der Waals surface area contributed by atoms with Gasteiger partial charge in [0.05, 0.1) is 6.20 Å². The van der Waals surface area contributed by atoms with E-state index in [1.54, 1.807) is 7.05 Å². The average Bonchev–Trinajstić information content (AvgIpc) is 2.71. The predicted molar refractivity (Wildman–Crippen MR) is 73.0 cm³/mol. The lowest BCUT2D eigenvalue weighted by Crippen LogP contribution is -2.31. The molecule has 0 bridgehead atoms. The minimum Gasteiger partial charge on any atom is -0.316 e. The van der Waals surface area contributed by atoms with E-state index in [1.165, 1.54) is 6.20 Å². The molecule has 3 N–H and O–H groups in total. The van der Waals surface area contributed by atoms with Crippen molar-refractivity contribution in [2.45, 2.75) is 45.3 Å². The molecule has 1 aliphatic carbocycles. The molecule has 0 aliphatic heterocycles. The number of hydrogen-bond acceptors (Lipinski definition) is 4. The summed E-state index contributed by atoms with van der Waals surface area (Å²) >= 11 is 0. The van der Waals surface area contributed by atoms with Crippen molar-refractivity contribution in [2.75, 3.05) is 7.05 Å². The fourth-order valence-electron chi connectivity index (χ4n) is 2.55. The van der Waals surface area contributed by atoms with Crippen LogP contribution in [0.1, 0.15) is 33.3 Å². The summed E-state index contributed by atoms with van der Waals surface area (Å²) < 4.78 is 27.6. The van der Waals surface area contributed by atoms with Gasteiger partial charge in [0.15, 0.2) is 5.03 Å². The highest BCUT2D eigenvalue weighted by Crippen LogP contribution is 2.62. The highest BCUT2D eigenvalue weighted by molar-refractivity contribution is 7.89. The summed E-state index contributed by atoms with van der Waals surface area (Å²) in [7, 11) is -1.79. The van der Waals surface area contributed by atoms with Crippen molar-refractivity contribution in [3.63, 3.8) is 0 Å². The lowest BCUT2D eigenvalue weighted by atomic mass is 10.0. The van der Waals surface area contributed by atoms with Crippen molar-refractivity contribution in [2.24, 2.45) is 10.8 Å². The molecule has 1 saturated carbocycles. The zero-order valence-corrected chi connectivity index (χ0v) is 12.9. The molecule has 0 unspecified atom stereocenters. The van der Waals surface area contributed by atoms with Gasteiger partial charge in [-0.2, -0.15) is 5.10 Å². The van der Waals surface area contributed by atoms with Gasteiger partial charge in [-0.3, -0.25) is 5.10 Å². The molecule has 6 nitrogen and oxygen atoms in total. The Labute approximate surface area is 114 Å². The standard InChI is InChI=1S/C12H22N4O2S/c1-11(2)10(12(11,3)4)16-19(17,18)9-8(6-13-5)7-14-15-9/h7,10,13,16H,6H2,1-5H3,(H,14,15). The SMILES string of the molecule is CNCc1cn[nH]c1S(=O)(=O)NC1C(C)(C)C1(C)C.